The molecule has 0 unspecified atom stereocenters. The van der Waals surface area contributed by atoms with Gasteiger partial charge in [-0.2, -0.15) is 0 Å². The Morgan fingerprint density at radius 3 is 2.04 bits per heavy atom. The quantitative estimate of drug-likeness (QED) is 0.400. The molecule has 0 aliphatic carbocycles. The molecule has 138 valence electrons. The van der Waals surface area contributed by atoms with Gasteiger partial charge in [-0.05, 0) is 0 Å². The third kappa shape index (κ3) is 3.63. The summed E-state index contributed by atoms with van der Waals surface area (Å²) in [6, 6.07) is 19.2. The van der Waals surface area contributed by atoms with Gasteiger partial charge in [0.15, 0.2) is 16.3 Å². The zero-order valence-electron chi connectivity index (χ0n) is 14.6. The van der Waals surface area contributed by atoms with E-state index in [-0.39, 0.29) is 22.1 Å². The second-order valence-corrected chi connectivity index (χ2v) is 6.92. The highest BCUT2D eigenvalue weighted by molar-refractivity contribution is 7.99. The molecular formula is C20H15N5O2S. The Morgan fingerprint density at radius 1 is 0.893 bits per heavy atom. The van der Waals surface area contributed by atoms with E-state index in [2.05, 4.69) is 19.9 Å². The average molecular weight is 389 g/mol. The van der Waals surface area contributed by atoms with Gasteiger partial charge in [-0.15, -0.1) is 0 Å². The number of primary amides is 1. The van der Waals surface area contributed by atoms with Crippen molar-refractivity contribution >= 4 is 28.8 Å². The first-order valence-corrected chi connectivity index (χ1v) is 9.44. The fourth-order valence-electron chi connectivity index (χ4n) is 2.74. The van der Waals surface area contributed by atoms with Gasteiger partial charge in [-0.1, -0.05) is 72.4 Å². The van der Waals surface area contributed by atoms with Gasteiger partial charge in [0.05, 0.1) is 17.1 Å². The van der Waals surface area contributed by atoms with E-state index >= 15 is 0 Å². The van der Waals surface area contributed by atoms with Crippen LogP contribution in [-0.4, -0.2) is 31.6 Å². The Hall–Kier alpha value is -3.52. The molecule has 0 radical (unpaired) electrons. The molecule has 0 aliphatic rings. The Labute approximate surface area is 164 Å². The van der Waals surface area contributed by atoms with Crippen LogP contribution in [0.5, 0.6) is 0 Å². The fourth-order valence-corrected chi connectivity index (χ4v) is 3.33. The van der Waals surface area contributed by atoms with Crippen molar-refractivity contribution in [2.24, 2.45) is 5.73 Å². The molecular weight excluding hydrogens is 374 g/mol. The van der Waals surface area contributed by atoms with Crippen LogP contribution in [-0.2, 0) is 4.79 Å². The van der Waals surface area contributed by atoms with Gasteiger partial charge in [-0.25, -0.2) is 15.0 Å². The summed E-state index contributed by atoms with van der Waals surface area (Å²) in [5.41, 5.74) is 8.05. The zero-order valence-corrected chi connectivity index (χ0v) is 15.4. The number of hydrogen-bond donors (Lipinski definition) is 2. The summed E-state index contributed by atoms with van der Waals surface area (Å²) >= 11 is 1.05. The van der Waals surface area contributed by atoms with E-state index in [1.807, 2.05) is 60.7 Å². The third-order valence-corrected chi connectivity index (χ3v) is 4.86. The van der Waals surface area contributed by atoms with Crippen LogP contribution in [0, 0.1) is 0 Å². The van der Waals surface area contributed by atoms with Crippen molar-refractivity contribution in [3.63, 3.8) is 0 Å². The Kier molecular flexibility index (Phi) is 4.86. The number of hydrogen-bond acceptors (Lipinski definition) is 6. The van der Waals surface area contributed by atoms with Crippen LogP contribution in [0.15, 0.2) is 70.6 Å². The molecule has 2 aromatic carbocycles. The topological polar surface area (TPSA) is 115 Å². The molecule has 0 fully saturated rings. The van der Waals surface area contributed by atoms with Gasteiger partial charge in [0.25, 0.3) is 5.56 Å². The van der Waals surface area contributed by atoms with E-state index in [4.69, 9.17) is 5.73 Å². The van der Waals surface area contributed by atoms with Gasteiger partial charge in [0.2, 0.25) is 5.91 Å². The lowest BCUT2D eigenvalue weighted by Crippen LogP contribution is -2.16. The largest absolute Gasteiger partial charge is 0.369 e. The number of aromatic amines is 1. The molecule has 7 nitrogen and oxygen atoms in total. The predicted octanol–water partition coefficient (Wildman–Crippen LogP) is 2.62. The van der Waals surface area contributed by atoms with E-state index in [0.717, 1.165) is 22.9 Å². The monoisotopic (exact) mass is 389 g/mol. The van der Waals surface area contributed by atoms with Gasteiger partial charge < -0.3 is 5.73 Å². The van der Waals surface area contributed by atoms with Crippen LogP contribution in [0.1, 0.15) is 0 Å². The number of aromatic nitrogens is 4. The summed E-state index contributed by atoms with van der Waals surface area (Å²) < 4.78 is 0. The summed E-state index contributed by atoms with van der Waals surface area (Å²) in [7, 11) is 0. The van der Waals surface area contributed by atoms with Crippen molar-refractivity contribution < 1.29 is 4.79 Å². The molecule has 2 aromatic heterocycles. The van der Waals surface area contributed by atoms with E-state index in [1.54, 1.807) is 0 Å². The van der Waals surface area contributed by atoms with Crippen LogP contribution in [0.3, 0.4) is 0 Å². The Bertz CT molecular complexity index is 1210. The lowest BCUT2D eigenvalue weighted by Gasteiger charge is -2.10. The minimum Gasteiger partial charge on any atom is -0.369 e. The van der Waals surface area contributed by atoms with Crippen molar-refractivity contribution in [2.45, 2.75) is 5.16 Å². The molecule has 3 N–H and O–H groups in total. The first kappa shape index (κ1) is 17.9. The number of amides is 1. The minimum atomic E-state index is -0.497. The normalized spacial score (nSPS) is 10.9. The average Bonchev–Trinajstić information content (AvgIpc) is 2.73. The molecule has 1 amide bonds. The number of nitrogens with one attached hydrogen (secondary N) is 1. The summed E-state index contributed by atoms with van der Waals surface area (Å²) in [5.74, 6) is -0.488. The van der Waals surface area contributed by atoms with Gasteiger partial charge in [0, 0.05) is 11.1 Å². The number of benzene rings is 2. The van der Waals surface area contributed by atoms with Crippen molar-refractivity contribution in [1.82, 2.24) is 19.9 Å². The predicted molar refractivity (Wildman–Crippen MR) is 109 cm³/mol. The van der Waals surface area contributed by atoms with E-state index in [0.29, 0.717) is 11.4 Å². The van der Waals surface area contributed by atoms with Crippen molar-refractivity contribution in [3.8, 4) is 22.5 Å². The van der Waals surface area contributed by atoms with Crippen LogP contribution < -0.4 is 11.3 Å². The van der Waals surface area contributed by atoms with Crippen molar-refractivity contribution in [1.29, 1.82) is 0 Å². The van der Waals surface area contributed by atoms with E-state index < -0.39 is 11.5 Å². The SMILES string of the molecule is NC(=O)CSc1nc2nc(-c3ccccc3)c(-c3ccccc3)nc2c(=O)[nH]1. The first-order valence-electron chi connectivity index (χ1n) is 8.46. The molecule has 0 saturated carbocycles. The number of nitrogens with zero attached hydrogens (tertiary/aromatic N) is 3. The number of H-pyrrole nitrogens is 1. The van der Waals surface area contributed by atoms with Crippen LogP contribution in [0.2, 0.25) is 0 Å². The summed E-state index contributed by atoms with van der Waals surface area (Å²) in [6.07, 6.45) is 0. The van der Waals surface area contributed by atoms with Gasteiger partial charge in [0.1, 0.15) is 0 Å². The maximum absolute atomic E-state index is 12.5. The highest BCUT2D eigenvalue weighted by atomic mass is 32.2. The van der Waals surface area contributed by atoms with Gasteiger partial charge >= 0.3 is 0 Å². The number of fused-ring (bicyclic) bond motifs is 1. The Morgan fingerprint density at radius 2 is 1.46 bits per heavy atom. The molecule has 28 heavy (non-hydrogen) atoms. The summed E-state index contributed by atoms with van der Waals surface area (Å²) in [6.45, 7) is 0. The van der Waals surface area contributed by atoms with E-state index in [1.165, 1.54) is 0 Å². The molecule has 0 saturated heterocycles. The second kappa shape index (κ2) is 7.61. The molecule has 0 aliphatic heterocycles. The summed E-state index contributed by atoms with van der Waals surface area (Å²) in [4.78, 5) is 39.8. The van der Waals surface area contributed by atoms with Crippen molar-refractivity contribution in [3.05, 3.63) is 71.0 Å². The highest BCUT2D eigenvalue weighted by Gasteiger charge is 2.16. The van der Waals surface area contributed by atoms with Crippen LogP contribution in [0.25, 0.3) is 33.7 Å². The highest BCUT2D eigenvalue weighted by Crippen LogP contribution is 2.30. The van der Waals surface area contributed by atoms with Crippen molar-refractivity contribution in [2.75, 3.05) is 5.75 Å². The maximum Gasteiger partial charge on any atom is 0.279 e. The fraction of sp³-hybridized carbons (Fsp3) is 0.0500. The number of carbonyl (C=O) groups is 1. The smallest absolute Gasteiger partial charge is 0.279 e. The second-order valence-electron chi connectivity index (χ2n) is 5.95. The summed E-state index contributed by atoms with van der Waals surface area (Å²) in [5, 5.41) is 0.275. The molecule has 4 rings (SSSR count). The number of rotatable bonds is 5. The molecule has 0 atom stereocenters. The van der Waals surface area contributed by atoms with Gasteiger partial charge in [-0.3, -0.25) is 14.6 Å². The maximum atomic E-state index is 12.5. The molecule has 8 heteroatoms. The first-order chi connectivity index (χ1) is 13.6. The molecule has 0 spiro atoms. The Balaban J connectivity index is 1.95. The zero-order chi connectivity index (χ0) is 19.5. The number of thioether (sulfide) groups is 1. The van der Waals surface area contributed by atoms with Crippen LogP contribution >= 0.6 is 11.8 Å². The standard InChI is InChI=1S/C20H15N5O2S/c21-14(26)11-28-20-24-18-17(19(27)25-20)22-15(12-7-3-1-4-8-12)16(23-18)13-9-5-2-6-10-13/h1-10H,11H2,(H2,21,26)(H,23,24,25,27). The molecule has 2 heterocycles. The minimum absolute atomic E-state index is 0.00944. The molecule has 4 aromatic rings. The van der Waals surface area contributed by atoms with E-state index in [9.17, 15) is 9.59 Å². The van der Waals surface area contributed by atoms with Crippen LogP contribution in [0.4, 0.5) is 0 Å². The number of nitrogens with two attached hydrogens (primary N) is 1. The number of carbonyl (C=O) groups excluding carboxylic acids is 1. The lowest BCUT2D eigenvalue weighted by molar-refractivity contribution is -0.115. The third-order valence-electron chi connectivity index (χ3n) is 3.97. The molecule has 0 bridgehead atoms. The lowest BCUT2D eigenvalue weighted by atomic mass is 10.0.